The van der Waals surface area contributed by atoms with Crippen LogP contribution in [0.5, 0.6) is 0 Å². The number of hydrogen-bond donors (Lipinski definition) is 2. The molecule has 5 rings (SSSR count). The third-order valence-electron chi connectivity index (χ3n) is 8.19. The molecule has 1 aliphatic carbocycles. The maximum Gasteiger partial charge on any atom is 0.309 e. The molecule has 1 aliphatic heterocycles. The fourth-order valence-corrected chi connectivity index (χ4v) is 6.35. The van der Waals surface area contributed by atoms with Crippen LogP contribution in [0.15, 0.2) is 40.9 Å². The van der Waals surface area contributed by atoms with Gasteiger partial charge in [0.05, 0.1) is 5.41 Å². The van der Waals surface area contributed by atoms with Gasteiger partial charge >= 0.3 is 5.97 Å². The van der Waals surface area contributed by atoms with Gasteiger partial charge in [-0.05, 0) is 62.1 Å². The second kappa shape index (κ2) is 8.60. The molecule has 2 aliphatic rings. The Hall–Kier alpha value is -3.09. The number of aromatic nitrogens is 1. The van der Waals surface area contributed by atoms with Gasteiger partial charge in [-0.1, -0.05) is 25.5 Å². The van der Waals surface area contributed by atoms with Crippen LogP contribution in [0.2, 0.25) is 0 Å². The molecule has 1 saturated heterocycles. The van der Waals surface area contributed by atoms with E-state index >= 15 is 0 Å². The van der Waals surface area contributed by atoms with Crippen molar-refractivity contribution in [3.8, 4) is 11.3 Å². The second-order valence-electron chi connectivity index (χ2n) is 10.2. The predicted octanol–water partition coefficient (Wildman–Crippen LogP) is 5.94. The molecule has 3 aromatic rings. The molecule has 0 radical (unpaired) electrons. The number of carboxylic acid groups (broad SMARTS) is 1. The van der Waals surface area contributed by atoms with Gasteiger partial charge in [-0.15, -0.1) is 0 Å². The number of benzene rings is 1. The third-order valence-corrected chi connectivity index (χ3v) is 8.19. The number of piperidine rings is 1. The molecule has 180 valence electrons. The molecular formula is C27H31FN2O4. The number of fused-ring (bicyclic) bond motifs is 2. The average molecular weight is 467 g/mol. The largest absolute Gasteiger partial charge is 0.481 e. The van der Waals surface area contributed by atoms with Crippen molar-refractivity contribution < 1.29 is 23.5 Å². The number of furan rings is 1. The van der Waals surface area contributed by atoms with E-state index in [-0.39, 0.29) is 23.8 Å². The first kappa shape index (κ1) is 22.7. The molecule has 0 spiro atoms. The van der Waals surface area contributed by atoms with Gasteiger partial charge in [-0.2, -0.15) is 4.39 Å². The molecule has 2 N–H and O–H groups in total. The van der Waals surface area contributed by atoms with Crippen LogP contribution in [0.4, 0.5) is 4.39 Å². The summed E-state index contributed by atoms with van der Waals surface area (Å²) in [6.45, 7) is 4.57. The number of likely N-dealkylation sites (tertiary alicyclic amines) is 1. The lowest BCUT2D eigenvalue weighted by molar-refractivity contribution is -0.162. The van der Waals surface area contributed by atoms with Crippen molar-refractivity contribution >= 4 is 22.8 Å². The van der Waals surface area contributed by atoms with Crippen LogP contribution in [0.3, 0.4) is 0 Å². The zero-order valence-electron chi connectivity index (χ0n) is 19.6. The molecule has 3 heterocycles. The molecule has 4 unspecified atom stereocenters. The minimum absolute atomic E-state index is 0.000275. The van der Waals surface area contributed by atoms with Gasteiger partial charge in [-0.25, -0.2) is 0 Å². The van der Waals surface area contributed by atoms with Crippen molar-refractivity contribution in [2.75, 3.05) is 6.54 Å². The van der Waals surface area contributed by atoms with E-state index < -0.39 is 17.4 Å². The number of H-pyrrole nitrogens is 1. The Bertz CT molecular complexity index is 1230. The van der Waals surface area contributed by atoms with Crippen molar-refractivity contribution in [3.05, 3.63) is 48.1 Å². The number of carbonyl (C=O) groups is 2. The molecule has 2 aromatic heterocycles. The molecule has 1 aromatic carbocycles. The van der Waals surface area contributed by atoms with Gasteiger partial charge in [-0.3, -0.25) is 9.59 Å². The summed E-state index contributed by atoms with van der Waals surface area (Å²) in [5, 5.41) is 10.9. The normalized spacial score (nSPS) is 25.8. The lowest BCUT2D eigenvalue weighted by Gasteiger charge is -2.51. The maximum atomic E-state index is 13.6. The Morgan fingerprint density at radius 1 is 1.26 bits per heavy atom. The van der Waals surface area contributed by atoms with E-state index in [1.807, 2.05) is 43.1 Å². The second-order valence-corrected chi connectivity index (χ2v) is 10.2. The lowest BCUT2D eigenvalue weighted by atomic mass is 9.62. The Balaban J connectivity index is 1.40. The number of hydrogen-bond acceptors (Lipinski definition) is 3. The van der Waals surface area contributed by atoms with Gasteiger partial charge in [0.25, 0.3) is 6.01 Å². The number of carbonyl (C=O) groups excluding carboxylic acids is 1. The number of nitrogens with zero attached hydrogens (tertiary/aromatic N) is 1. The summed E-state index contributed by atoms with van der Waals surface area (Å²) in [6.07, 6.45) is 6.33. The molecule has 34 heavy (non-hydrogen) atoms. The predicted molar refractivity (Wildman–Crippen MR) is 127 cm³/mol. The Morgan fingerprint density at radius 2 is 2.09 bits per heavy atom. The smallest absolute Gasteiger partial charge is 0.309 e. The van der Waals surface area contributed by atoms with Crippen LogP contribution in [0, 0.1) is 17.3 Å². The minimum Gasteiger partial charge on any atom is -0.481 e. The van der Waals surface area contributed by atoms with E-state index in [0.29, 0.717) is 25.1 Å². The van der Waals surface area contributed by atoms with Crippen LogP contribution in [0.1, 0.15) is 63.9 Å². The minimum atomic E-state index is -0.766. The summed E-state index contributed by atoms with van der Waals surface area (Å²) < 4.78 is 18.8. The number of amides is 1. The SMILES string of the molecule is CC(CC(=O)N1CCCC2C1CCCC2(C)C(=O)O)c1c[nH]c2cccc(-c3ccc(F)o3)c12. The summed E-state index contributed by atoms with van der Waals surface area (Å²) >= 11 is 0. The average Bonchev–Trinajstić information content (AvgIpc) is 3.45. The van der Waals surface area contributed by atoms with Gasteiger partial charge in [0.1, 0.15) is 5.76 Å². The van der Waals surface area contributed by atoms with E-state index in [1.165, 1.54) is 6.07 Å². The molecule has 1 amide bonds. The summed E-state index contributed by atoms with van der Waals surface area (Å²) in [5.74, 6) is -0.285. The highest BCUT2D eigenvalue weighted by atomic mass is 19.1. The number of rotatable bonds is 5. The number of aliphatic carboxylic acids is 1. The molecule has 1 saturated carbocycles. The van der Waals surface area contributed by atoms with Gasteiger partial charge in [0.15, 0.2) is 0 Å². The van der Waals surface area contributed by atoms with Gasteiger partial charge in [0.2, 0.25) is 5.91 Å². The van der Waals surface area contributed by atoms with Crippen molar-refractivity contribution in [2.24, 2.45) is 11.3 Å². The maximum absolute atomic E-state index is 13.6. The van der Waals surface area contributed by atoms with E-state index in [1.54, 1.807) is 6.07 Å². The topological polar surface area (TPSA) is 86.5 Å². The van der Waals surface area contributed by atoms with E-state index in [0.717, 1.165) is 47.7 Å². The highest BCUT2D eigenvalue weighted by Gasteiger charge is 2.51. The van der Waals surface area contributed by atoms with Crippen molar-refractivity contribution in [1.82, 2.24) is 9.88 Å². The first-order valence-corrected chi connectivity index (χ1v) is 12.2. The first-order chi connectivity index (χ1) is 16.3. The Morgan fingerprint density at radius 3 is 2.82 bits per heavy atom. The van der Waals surface area contributed by atoms with Crippen molar-refractivity contribution in [3.63, 3.8) is 0 Å². The zero-order valence-corrected chi connectivity index (χ0v) is 19.6. The molecule has 4 atom stereocenters. The summed E-state index contributed by atoms with van der Waals surface area (Å²) in [5.41, 5.74) is 1.92. The number of carboxylic acids is 1. The quantitative estimate of drug-likeness (QED) is 0.487. The molecule has 6 nitrogen and oxygen atoms in total. The standard InChI is InChI=1S/C27H31FN2O4/c1-16(18-15-29-20-8-3-6-17(25(18)20)22-10-11-23(28)34-22)14-24(31)30-13-5-7-19-21(30)9-4-12-27(19,2)26(32)33/h3,6,8,10-11,15-16,19,21,29H,4-5,7,9,12-14H2,1-2H3,(H,32,33). The zero-order chi connectivity index (χ0) is 24.0. The van der Waals surface area contributed by atoms with Crippen LogP contribution >= 0.6 is 0 Å². The number of aromatic amines is 1. The molecule has 2 fully saturated rings. The fourth-order valence-electron chi connectivity index (χ4n) is 6.35. The Labute approximate surface area is 198 Å². The third kappa shape index (κ3) is 3.71. The summed E-state index contributed by atoms with van der Waals surface area (Å²) in [7, 11) is 0. The van der Waals surface area contributed by atoms with Gasteiger partial charge in [0, 0.05) is 47.7 Å². The molecular weight excluding hydrogens is 435 g/mol. The summed E-state index contributed by atoms with van der Waals surface area (Å²) in [4.78, 5) is 30.9. The molecule has 0 bridgehead atoms. The van der Waals surface area contributed by atoms with E-state index in [2.05, 4.69) is 4.98 Å². The Kier molecular flexibility index (Phi) is 5.74. The fraction of sp³-hybridized carbons (Fsp3) is 0.481. The lowest BCUT2D eigenvalue weighted by Crippen LogP contribution is -2.57. The van der Waals surface area contributed by atoms with Crippen LogP contribution in [-0.2, 0) is 9.59 Å². The molecule has 7 heteroatoms. The number of nitrogens with one attached hydrogen (secondary N) is 1. The van der Waals surface area contributed by atoms with Crippen LogP contribution in [0.25, 0.3) is 22.2 Å². The number of halogens is 1. The van der Waals surface area contributed by atoms with Crippen LogP contribution in [-0.4, -0.2) is 39.5 Å². The summed E-state index contributed by atoms with van der Waals surface area (Å²) in [6, 6.07) is 8.03. The van der Waals surface area contributed by atoms with Crippen molar-refractivity contribution in [2.45, 2.75) is 64.3 Å². The van der Waals surface area contributed by atoms with E-state index in [4.69, 9.17) is 4.42 Å². The van der Waals surface area contributed by atoms with Crippen molar-refractivity contribution in [1.29, 1.82) is 0 Å². The highest BCUT2D eigenvalue weighted by molar-refractivity contribution is 5.97. The highest BCUT2D eigenvalue weighted by Crippen LogP contribution is 2.48. The van der Waals surface area contributed by atoms with Crippen LogP contribution < -0.4 is 0 Å². The van der Waals surface area contributed by atoms with Gasteiger partial charge < -0.3 is 19.4 Å². The monoisotopic (exact) mass is 466 g/mol. The first-order valence-electron chi connectivity index (χ1n) is 12.2. The van der Waals surface area contributed by atoms with E-state index in [9.17, 15) is 19.1 Å².